The van der Waals surface area contributed by atoms with Gasteiger partial charge in [-0.1, -0.05) is 82.6 Å². The van der Waals surface area contributed by atoms with Crippen molar-refractivity contribution in [2.24, 2.45) is 17.1 Å². The number of carbonyl (C=O) groups excluding carboxylic acids is 1. The first-order chi connectivity index (χ1) is 20.8. The van der Waals surface area contributed by atoms with Crippen molar-refractivity contribution in [3.63, 3.8) is 0 Å². The van der Waals surface area contributed by atoms with Crippen molar-refractivity contribution in [2.75, 3.05) is 13.6 Å². The molecule has 0 radical (unpaired) electrons. The van der Waals surface area contributed by atoms with Crippen molar-refractivity contribution >= 4 is 18.3 Å². The van der Waals surface area contributed by atoms with E-state index in [-0.39, 0.29) is 35.2 Å². The molecule has 2 aliphatic carbocycles. The highest BCUT2D eigenvalue weighted by Gasteiger charge is 2.54. The molecule has 2 aliphatic rings. The largest absolute Gasteiger partial charge is 0.486 e. The minimum absolute atomic E-state index is 0. The van der Waals surface area contributed by atoms with Crippen LogP contribution in [0.5, 0.6) is 5.75 Å². The predicted molar refractivity (Wildman–Crippen MR) is 178 cm³/mol. The van der Waals surface area contributed by atoms with Crippen LogP contribution in [0, 0.1) is 11.3 Å². The molecule has 45 heavy (non-hydrogen) atoms. The standard InChI is InChI=1S/C20H29NO.C17H18F3NO.ClH/c1-13(2)14-6-8-16-15(12-14)7-9-17-19(16,3)10-5-11-20(17,4)18(21)22;1-21-12-11-16(13-5-3-2-4-6-13)22-15-9-7-14(8-10-15)17(18,19)20;/h6,8,12-13,17H,5,7,9-11H2,1-4H3,(H2,21,22);2-10,16,21H,11-12H2,1H3;1H. The third-order valence-corrected chi connectivity index (χ3v) is 9.89. The van der Waals surface area contributed by atoms with Crippen LogP contribution in [0.1, 0.15) is 99.6 Å². The number of aryl methyl sites for hydroxylation is 1. The summed E-state index contributed by atoms with van der Waals surface area (Å²) in [6, 6.07) is 21.5. The number of hydrogen-bond acceptors (Lipinski definition) is 3. The van der Waals surface area contributed by atoms with E-state index >= 15 is 0 Å². The van der Waals surface area contributed by atoms with Gasteiger partial charge in [-0.05, 0) is 103 Å². The number of ether oxygens (including phenoxy) is 1. The number of primary amides is 1. The zero-order chi connectivity index (χ0) is 32.1. The number of alkyl halides is 3. The SMILES string of the molecule is CC(C)c1ccc2c(c1)CCC1C(C)(C(N)=O)CCCC21C.CNCCC(Oc1ccc(C(F)(F)F)cc1)c1ccccc1.Cl. The third kappa shape index (κ3) is 8.23. The lowest BCUT2D eigenvalue weighted by atomic mass is 9.49. The molecule has 1 saturated carbocycles. The van der Waals surface area contributed by atoms with Gasteiger partial charge in [0.05, 0.1) is 5.56 Å². The van der Waals surface area contributed by atoms with Gasteiger partial charge in [-0.15, -0.1) is 12.4 Å². The molecule has 4 unspecified atom stereocenters. The lowest BCUT2D eigenvalue weighted by Crippen LogP contribution is -2.54. The number of hydrogen-bond donors (Lipinski definition) is 2. The van der Waals surface area contributed by atoms with Gasteiger partial charge in [0.1, 0.15) is 11.9 Å². The van der Waals surface area contributed by atoms with Gasteiger partial charge in [0, 0.05) is 11.8 Å². The van der Waals surface area contributed by atoms with Crippen molar-refractivity contribution in [1.29, 1.82) is 0 Å². The Balaban J connectivity index is 0.000000240. The van der Waals surface area contributed by atoms with Crippen molar-refractivity contribution in [3.8, 4) is 5.75 Å². The molecule has 1 fully saturated rings. The highest BCUT2D eigenvalue weighted by atomic mass is 35.5. The van der Waals surface area contributed by atoms with Gasteiger partial charge >= 0.3 is 6.18 Å². The van der Waals surface area contributed by atoms with Gasteiger partial charge in [-0.25, -0.2) is 0 Å². The monoisotopic (exact) mass is 644 g/mol. The maximum Gasteiger partial charge on any atom is 0.416 e. The van der Waals surface area contributed by atoms with E-state index < -0.39 is 11.7 Å². The van der Waals surface area contributed by atoms with Gasteiger partial charge in [0.25, 0.3) is 0 Å². The number of halogens is 4. The molecule has 1 amide bonds. The molecule has 5 rings (SSSR count). The van der Waals surface area contributed by atoms with Gasteiger partial charge in [0.15, 0.2) is 0 Å². The third-order valence-electron chi connectivity index (χ3n) is 9.89. The maximum absolute atomic E-state index is 12.6. The summed E-state index contributed by atoms with van der Waals surface area (Å²) in [6.07, 6.45) is 1.58. The second-order valence-electron chi connectivity index (χ2n) is 13.1. The Morgan fingerprint density at radius 2 is 1.67 bits per heavy atom. The second kappa shape index (κ2) is 15.0. The summed E-state index contributed by atoms with van der Waals surface area (Å²) in [7, 11) is 1.85. The summed E-state index contributed by atoms with van der Waals surface area (Å²) < 4.78 is 43.6. The molecule has 0 aliphatic heterocycles. The highest BCUT2D eigenvalue weighted by molar-refractivity contribution is 5.85. The van der Waals surface area contributed by atoms with Crippen LogP contribution in [0.25, 0.3) is 0 Å². The molecule has 8 heteroatoms. The van der Waals surface area contributed by atoms with E-state index in [0.717, 1.165) is 56.3 Å². The zero-order valence-electron chi connectivity index (χ0n) is 27.0. The van der Waals surface area contributed by atoms with E-state index in [0.29, 0.717) is 17.6 Å². The van der Waals surface area contributed by atoms with Crippen LogP contribution in [0.2, 0.25) is 0 Å². The quantitative estimate of drug-likeness (QED) is 0.257. The normalized spacial score (nSPS) is 23.0. The molecular weight excluding hydrogens is 597 g/mol. The van der Waals surface area contributed by atoms with Crippen LogP contribution in [-0.2, 0) is 22.8 Å². The van der Waals surface area contributed by atoms with Crippen molar-refractivity contribution in [3.05, 3.63) is 101 Å². The summed E-state index contributed by atoms with van der Waals surface area (Å²) in [5.74, 6) is 1.27. The first-order valence-electron chi connectivity index (χ1n) is 15.8. The van der Waals surface area contributed by atoms with E-state index in [2.05, 4.69) is 51.2 Å². The van der Waals surface area contributed by atoms with E-state index in [1.54, 1.807) is 0 Å². The fraction of sp³-hybridized carbons (Fsp3) is 0.486. The Kier molecular flexibility index (Phi) is 12.2. The van der Waals surface area contributed by atoms with Crippen molar-refractivity contribution < 1.29 is 22.7 Å². The molecule has 0 spiro atoms. The maximum atomic E-state index is 12.6. The van der Waals surface area contributed by atoms with E-state index in [9.17, 15) is 18.0 Å². The molecule has 3 aromatic rings. The van der Waals surface area contributed by atoms with Gasteiger partial charge in [-0.3, -0.25) is 4.79 Å². The number of nitrogens with two attached hydrogens (primary N) is 1. The molecular formula is C37H48ClF3N2O2. The average Bonchev–Trinajstić information content (AvgIpc) is 2.99. The zero-order valence-corrected chi connectivity index (χ0v) is 27.9. The number of amides is 1. The molecule has 4 atom stereocenters. The molecule has 4 nitrogen and oxygen atoms in total. The van der Waals surface area contributed by atoms with Crippen LogP contribution in [0.4, 0.5) is 13.2 Å². The Hall–Kier alpha value is -3.03. The summed E-state index contributed by atoms with van der Waals surface area (Å²) in [4.78, 5) is 12.2. The van der Waals surface area contributed by atoms with E-state index in [1.807, 2.05) is 37.4 Å². The fourth-order valence-electron chi connectivity index (χ4n) is 7.29. The van der Waals surface area contributed by atoms with E-state index in [4.69, 9.17) is 10.5 Å². The van der Waals surface area contributed by atoms with Crippen LogP contribution in [0.3, 0.4) is 0 Å². The summed E-state index contributed by atoms with van der Waals surface area (Å²) in [5.41, 5.74) is 10.3. The Morgan fingerprint density at radius 1 is 1.00 bits per heavy atom. The highest BCUT2D eigenvalue weighted by Crippen LogP contribution is 2.57. The number of rotatable bonds is 8. The molecule has 3 aromatic carbocycles. The first kappa shape index (κ1) is 36.4. The smallest absolute Gasteiger partial charge is 0.416 e. The van der Waals surface area contributed by atoms with Crippen LogP contribution >= 0.6 is 12.4 Å². The molecule has 0 aromatic heterocycles. The number of nitrogens with one attached hydrogen (secondary N) is 1. The fourth-order valence-corrected chi connectivity index (χ4v) is 7.29. The molecule has 3 N–H and O–H groups in total. The van der Waals surface area contributed by atoms with Gasteiger partial charge < -0.3 is 15.8 Å². The second-order valence-corrected chi connectivity index (χ2v) is 13.1. The molecule has 0 bridgehead atoms. The lowest BCUT2D eigenvalue weighted by molar-refractivity contribution is -0.137. The summed E-state index contributed by atoms with van der Waals surface area (Å²) >= 11 is 0. The number of benzene rings is 3. The number of fused-ring (bicyclic) bond motifs is 3. The minimum atomic E-state index is -4.33. The van der Waals surface area contributed by atoms with E-state index in [1.165, 1.54) is 35.2 Å². The van der Waals surface area contributed by atoms with Gasteiger partial charge in [-0.2, -0.15) is 13.2 Å². The van der Waals surface area contributed by atoms with Crippen molar-refractivity contribution in [1.82, 2.24) is 5.32 Å². The van der Waals surface area contributed by atoms with Crippen molar-refractivity contribution in [2.45, 2.75) is 89.8 Å². The predicted octanol–water partition coefficient (Wildman–Crippen LogP) is 9.16. The average molecular weight is 645 g/mol. The Morgan fingerprint density at radius 3 is 2.24 bits per heavy atom. The van der Waals surface area contributed by atoms with Gasteiger partial charge in [0.2, 0.25) is 5.91 Å². The Labute approximate surface area is 272 Å². The van der Waals surface area contributed by atoms with Crippen LogP contribution in [0.15, 0.2) is 72.8 Å². The summed E-state index contributed by atoms with van der Waals surface area (Å²) in [5, 5.41) is 3.05. The van der Waals surface area contributed by atoms with Crippen LogP contribution in [-0.4, -0.2) is 19.5 Å². The molecule has 0 heterocycles. The summed E-state index contributed by atoms with van der Waals surface area (Å²) in [6.45, 7) is 9.72. The first-order valence-corrected chi connectivity index (χ1v) is 15.8. The van der Waals surface area contributed by atoms with Crippen LogP contribution < -0.4 is 15.8 Å². The number of carbonyl (C=O) groups is 1. The molecule has 246 valence electrons. The minimum Gasteiger partial charge on any atom is -0.486 e. The lowest BCUT2D eigenvalue weighted by Gasteiger charge is -2.54. The topological polar surface area (TPSA) is 64.4 Å². The molecule has 0 saturated heterocycles. The Bertz CT molecular complexity index is 1400.